The zero-order chi connectivity index (χ0) is 23.8. The zero-order valence-electron chi connectivity index (χ0n) is 17.8. The van der Waals surface area contributed by atoms with Crippen molar-refractivity contribution in [1.29, 1.82) is 0 Å². The van der Waals surface area contributed by atoms with E-state index in [1.165, 1.54) is 12.1 Å². The number of amides is 1. The van der Waals surface area contributed by atoms with Gasteiger partial charge in [-0.1, -0.05) is 19.4 Å². The lowest BCUT2D eigenvalue weighted by molar-refractivity contribution is -0.137. The second-order valence-corrected chi connectivity index (χ2v) is 7.19. The molecule has 0 aliphatic carbocycles. The van der Waals surface area contributed by atoms with Gasteiger partial charge >= 0.3 is 12.1 Å². The molecule has 1 amide bonds. The molecule has 0 bridgehead atoms. The van der Waals surface area contributed by atoms with Gasteiger partial charge in [0.05, 0.1) is 17.7 Å². The smallest absolute Gasteiger partial charge is 0.416 e. The fourth-order valence-corrected chi connectivity index (χ4v) is 2.83. The number of carbonyl (C=O) groups excluding carboxylic acids is 2. The molecular weight excluding hydrogens is 439 g/mol. The van der Waals surface area contributed by atoms with Crippen LogP contribution in [0.3, 0.4) is 0 Å². The number of nitrogens with one attached hydrogen (secondary N) is 1. The van der Waals surface area contributed by atoms with Gasteiger partial charge in [-0.25, -0.2) is 4.79 Å². The molecule has 7 nitrogen and oxygen atoms in total. The summed E-state index contributed by atoms with van der Waals surface area (Å²) >= 11 is 0. The first-order valence-corrected chi connectivity index (χ1v) is 10.3. The normalized spacial score (nSPS) is 11.3. The highest BCUT2D eigenvalue weighted by molar-refractivity contribution is 5.93. The zero-order valence-corrected chi connectivity index (χ0v) is 17.8. The molecule has 0 saturated carbocycles. The molecule has 10 heteroatoms. The second kappa shape index (κ2) is 10.8. The summed E-state index contributed by atoms with van der Waals surface area (Å²) in [5.41, 5.74) is 0.207. The maximum Gasteiger partial charge on any atom is 0.416 e. The van der Waals surface area contributed by atoms with Crippen molar-refractivity contribution in [2.45, 2.75) is 38.8 Å². The quantitative estimate of drug-likeness (QED) is 0.344. The molecule has 1 aromatic heterocycles. The number of anilines is 1. The molecule has 0 fully saturated rings. The van der Waals surface area contributed by atoms with E-state index < -0.39 is 17.7 Å². The lowest BCUT2D eigenvalue weighted by atomic mass is 10.1. The summed E-state index contributed by atoms with van der Waals surface area (Å²) in [6, 6.07) is 10.9. The third-order valence-electron chi connectivity index (χ3n) is 4.61. The van der Waals surface area contributed by atoms with Crippen LogP contribution >= 0.6 is 0 Å². The van der Waals surface area contributed by atoms with Crippen molar-refractivity contribution in [3.8, 4) is 11.5 Å². The van der Waals surface area contributed by atoms with E-state index in [4.69, 9.17) is 9.15 Å². The van der Waals surface area contributed by atoms with Gasteiger partial charge in [0.2, 0.25) is 17.7 Å². The average molecular weight is 461 g/mol. The van der Waals surface area contributed by atoms with Gasteiger partial charge in [0.25, 0.3) is 0 Å². The van der Waals surface area contributed by atoms with Gasteiger partial charge in [0, 0.05) is 24.1 Å². The summed E-state index contributed by atoms with van der Waals surface area (Å²) < 4.78 is 49.1. The standard InChI is InChI=1S/C23H22F3N3O4/c1-2-3-13-32-22(31)15-7-9-18(10-8-15)27-19(30)11-12-20-28-29-21(33-20)16-5-4-6-17(14-16)23(24,25)26/h4-10,14H,2-3,11-13H2,1H3,(H,27,30). The molecule has 0 atom stereocenters. The molecule has 0 aliphatic rings. The summed E-state index contributed by atoms with van der Waals surface area (Å²) in [6.07, 6.45) is -2.63. The van der Waals surface area contributed by atoms with Crippen molar-refractivity contribution in [3.05, 3.63) is 65.5 Å². The predicted octanol–water partition coefficient (Wildman–Crippen LogP) is 5.28. The minimum atomic E-state index is -4.48. The van der Waals surface area contributed by atoms with Gasteiger partial charge in [0.1, 0.15) is 0 Å². The van der Waals surface area contributed by atoms with Crippen molar-refractivity contribution in [3.63, 3.8) is 0 Å². The number of hydrogen-bond acceptors (Lipinski definition) is 6. The largest absolute Gasteiger partial charge is 0.462 e. The van der Waals surface area contributed by atoms with Crippen LogP contribution in [0.25, 0.3) is 11.5 Å². The molecule has 0 saturated heterocycles. The third kappa shape index (κ3) is 6.90. The summed E-state index contributed by atoms with van der Waals surface area (Å²) in [6.45, 7) is 2.36. The molecule has 174 valence electrons. The number of carbonyl (C=O) groups is 2. The van der Waals surface area contributed by atoms with Gasteiger partial charge in [-0.2, -0.15) is 13.2 Å². The lowest BCUT2D eigenvalue weighted by Crippen LogP contribution is -2.13. The van der Waals surface area contributed by atoms with Crippen molar-refractivity contribution < 1.29 is 31.9 Å². The Hall–Kier alpha value is -3.69. The Morgan fingerprint density at radius 3 is 2.55 bits per heavy atom. The van der Waals surface area contributed by atoms with E-state index in [-0.39, 0.29) is 36.1 Å². The molecule has 3 aromatic rings. The van der Waals surface area contributed by atoms with Crippen LogP contribution in [-0.2, 0) is 22.1 Å². The highest BCUT2D eigenvalue weighted by Crippen LogP contribution is 2.31. The third-order valence-corrected chi connectivity index (χ3v) is 4.61. The molecule has 0 spiro atoms. The number of aromatic nitrogens is 2. The molecular formula is C23H22F3N3O4. The average Bonchev–Trinajstić information content (AvgIpc) is 3.27. The number of ether oxygens (including phenoxy) is 1. The van der Waals surface area contributed by atoms with E-state index in [1.54, 1.807) is 24.3 Å². The van der Waals surface area contributed by atoms with Crippen LogP contribution in [0.4, 0.5) is 18.9 Å². The number of nitrogens with zero attached hydrogens (tertiary/aromatic N) is 2. The van der Waals surface area contributed by atoms with Crippen LogP contribution in [0.1, 0.15) is 48.0 Å². The van der Waals surface area contributed by atoms with Gasteiger partial charge in [0.15, 0.2) is 0 Å². The Bertz CT molecular complexity index is 1090. The topological polar surface area (TPSA) is 94.3 Å². The number of unbranched alkanes of at least 4 members (excludes halogenated alkanes) is 1. The van der Waals surface area contributed by atoms with Gasteiger partial charge in [-0.3, -0.25) is 4.79 Å². The molecule has 33 heavy (non-hydrogen) atoms. The highest BCUT2D eigenvalue weighted by atomic mass is 19.4. The first-order chi connectivity index (χ1) is 15.8. The van der Waals surface area contributed by atoms with E-state index in [2.05, 4.69) is 15.5 Å². The van der Waals surface area contributed by atoms with Crippen LogP contribution in [0, 0.1) is 0 Å². The molecule has 1 N–H and O–H groups in total. The second-order valence-electron chi connectivity index (χ2n) is 7.19. The van der Waals surface area contributed by atoms with Crippen LogP contribution in [0.15, 0.2) is 52.9 Å². The summed E-state index contributed by atoms with van der Waals surface area (Å²) in [5, 5.41) is 10.2. The Labute approximate surface area is 188 Å². The fourth-order valence-electron chi connectivity index (χ4n) is 2.83. The fraction of sp³-hybridized carbons (Fsp3) is 0.304. The maximum atomic E-state index is 12.9. The summed E-state index contributed by atoms with van der Waals surface area (Å²) in [5.74, 6) is -0.679. The maximum absolute atomic E-state index is 12.9. The van der Waals surface area contributed by atoms with Crippen molar-refractivity contribution >= 4 is 17.6 Å². The predicted molar refractivity (Wildman–Crippen MR) is 113 cm³/mol. The highest BCUT2D eigenvalue weighted by Gasteiger charge is 2.30. The molecule has 0 aliphatic heterocycles. The summed E-state index contributed by atoms with van der Waals surface area (Å²) in [4.78, 5) is 24.1. The van der Waals surface area contributed by atoms with E-state index in [9.17, 15) is 22.8 Å². The molecule has 3 rings (SSSR count). The lowest BCUT2D eigenvalue weighted by Gasteiger charge is -2.07. The number of aryl methyl sites for hydroxylation is 1. The number of benzene rings is 2. The Balaban J connectivity index is 1.52. The Morgan fingerprint density at radius 2 is 1.85 bits per heavy atom. The van der Waals surface area contributed by atoms with Gasteiger partial charge in [-0.15, -0.1) is 10.2 Å². The minimum absolute atomic E-state index is 0.0189. The van der Waals surface area contributed by atoms with E-state index in [0.29, 0.717) is 17.9 Å². The number of rotatable bonds is 9. The minimum Gasteiger partial charge on any atom is -0.462 e. The van der Waals surface area contributed by atoms with Crippen LogP contribution in [0.2, 0.25) is 0 Å². The van der Waals surface area contributed by atoms with E-state index in [1.807, 2.05) is 6.92 Å². The molecule has 1 heterocycles. The first-order valence-electron chi connectivity index (χ1n) is 10.3. The van der Waals surface area contributed by atoms with Crippen LogP contribution in [-0.4, -0.2) is 28.7 Å². The Kier molecular flexibility index (Phi) is 7.81. The van der Waals surface area contributed by atoms with Crippen LogP contribution < -0.4 is 5.32 Å². The number of esters is 1. The number of hydrogen-bond donors (Lipinski definition) is 1. The van der Waals surface area contributed by atoms with E-state index in [0.717, 1.165) is 25.0 Å². The number of halogens is 3. The number of alkyl halides is 3. The van der Waals surface area contributed by atoms with Gasteiger partial charge in [-0.05, 0) is 48.9 Å². The van der Waals surface area contributed by atoms with Crippen molar-refractivity contribution in [2.24, 2.45) is 0 Å². The van der Waals surface area contributed by atoms with Gasteiger partial charge < -0.3 is 14.5 Å². The van der Waals surface area contributed by atoms with E-state index >= 15 is 0 Å². The molecule has 2 aromatic carbocycles. The first kappa shape index (κ1) is 24.0. The van der Waals surface area contributed by atoms with Crippen molar-refractivity contribution in [2.75, 3.05) is 11.9 Å². The molecule has 0 unspecified atom stereocenters. The molecule has 0 radical (unpaired) electrons. The van der Waals surface area contributed by atoms with Crippen molar-refractivity contribution in [1.82, 2.24) is 10.2 Å². The van der Waals surface area contributed by atoms with Crippen LogP contribution in [0.5, 0.6) is 0 Å². The SMILES string of the molecule is CCCCOC(=O)c1ccc(NC(=O)CCc2nnc(-c3cccc(C(F)(F)F)c3)o2)cc1. The monoisotopic (exact) mass is 461 g/mol. The Morgan fingerprint density at radius 1 is 1.09 bits per heavy atom. The summed E-state index contributed by atoms with van der Waals surface area (Å²) in [7, 11) is 0.